The number of carbonyl (C=O) groups is 1. The Morgan fingerprint density at radius 2 is 1.73 bits per heavy atom. The number of carbonyl (C=O) groups excluding carboxylic acids is 1. The van der Waals surface area contributed by atoms with Crippen LogP contribution in [-0.4, -0.2) is 27.4 Å². The van der Waals surface area contributed by atoms with Crippen LogP contribution in [0, 0.1) is 0 Å². The molecule has 0 aliphatic carbocycles. The number of hydrogen-bond acceptors (Lipinski definition) is 4. The molecule has 6 nitrogen and oxygen atoms in total. The molecule has 0 aromatic heterocycles. The monoisotopic (exact) mass is 422 g/mol. The van der Waals surface area contributed by atoms with Crippen molar-refractivity contribution < 1.29 is 19.0 Å². The van der Waals surface area contributed by atoms with Gasteiger partial charge in [0.05, 0.1) is 27.4 Å². The fourth-order valence-corrected chi connectivity index (χ4v) is 2.94. The first-order valence-corrected chi connectivity index (χ1v) is 8.86. The molecule has 0 radical (unpaired) electrons. The second-order valence-corrected chi connectivity index (χ2v) is 6.55. The molecule has 0 fully saturated rings. The summed E-state index contributed by atoms with van der Waals surface area (Å²) in [5.41, 5.74) is 1.85. The Morgan fingerprint density at radius 1 is 1.08 bits per heavy atom. The first kappa shape index (κ1) is 19.9. The number of nitrogens with one attached hydrogen (secondary N) is 2. The van der Waals surface area contributed by atoms with Gasteiger partial charge >= 0.3 is 6.03 Å². The summed E-state index contributed by atoms with van der Waals surface area (Å²) in [4.78, 5) is 12.2. The zero-order valence-electron chi connectivity index (χ0n) is 15.3. The second-order valence-electron chi connectivity index (χ2n) is 5.64. The van der Waals surface area contributed by atoms with Crippen LogP contribution in [0.5, 0.6) is 17.2 Å². The van der Waals surface area contributed by atoms with Crippen molar-refractivity contribution in [1.29, 1.82) is 0 Å². The zero-order chi connectivity index (χ0) is 19.1. The van der Waals surface area contributed by atoms with E-state index in [0.29, 0.717) is 23.8 Å². The number of amides is 2. The van der Waals surface area contributed by atoms with Gasteiger partial charge in [0.15, 0.2) is 11.5 Å². The molecule has 2 N–H and O–H groups in total. The summed E-state index contributed by atoms with van der Waals surface area (Å²) in [7, 11) is 4.66. The molecule has 7 heteroatoms. The first-order chi connectivity index (χ1) is 12.5. The van der Waals surface area contributed by atoms with Crippen LogP contribution in [0.25, 0.3) is 0 Å². The smallest absolute Gasteiger partial charge is 0.315 e. The minimum atomic E-state index is -0.258. The van der Waals surface area contributed by atoms with Crippen molar-refractivity contribution in [3.8, 4) is 17.2 Å². The molecular formula is C19H23BrN2O4. The number of ether oxygens (including phenoxy) is 3. The molecule has 1 unspecified atom stereocenters. The van der Waals surface area contributed by atoms with Gasteiger partial charge in [-0.1, -0.05) is 28.1 Å². The Labute approximate surface area is 162 Å². The van der Waals surface area contributed by atoms with Crippen LogP contribution in [0.2, 0.25) is 0 Å². The first-order valence-electron chi connectivity index (χ1n) is 8.07. The van der Waals surface area contributed by atoms with Crippen molar-refractivity contribution in [2.45, 2.75) is 19.5 Å². The van der Waals surface area contributed by atoms with E-state index in [1.165, 1.54) is 0 Å². The van der Waals surface area contributed by atoms with E-state index in [1.807, 2.05) is 31.2 Å². The SMILES string of the molecule is COc1cc(CNC(=O)NC(C)c2cccc(Br)c2)cc(OC)c1OC. The Hall–Kier alpha value is -2.41. The van der Waals surface area contributed by atoms with Gasteiger partial charge in [-0.25, -0.2) is 4.79 Å². The lowest BCUT2D eigenvalue weighted by Gasteiger charge is -2.17. The van der Waals surface area contributed by atoms with E-state index in [0.717, 1.165) is 15.6 Å². The summed E-state index contributed by atoms with van der Waals surface area (Å²) < 4.78 is 16.9. The number of urea groups is 1. The average molecular weight is 423 g/mol. The molecule has 0 spiro atoms. The van der Waals surface area contributed by atoms with Crippen LogP contribution in [0.15, 0.2) is 40.9 Å². The number of benzene rings is 2. The topological polar surface area (TPSA) is 68.8 Å². The van der Waals surface area contributed by atoms with Crippen molar-refractivity contribution in [2.75, 3.05) is 21.3 Å². The van der Waals surface area contributed by atoms with Gasteiger partial charge in [0.25, 0.3) is 0 Å². The molecule has 2 aromatic carbocycles. The minimum absolute atomic E-state index is 0.118. The van der Waals surface area contributed by atoms with Crippen LogP contribution in [0.3, 0.4) is 0 Å². The molecule has 0 bridgehead atoms. The lowest BCUT2D eigenvalue weighted by molar-refractivity contribution is 0.237. The third-order valence-corrected chi connectivity index (χ3v) is 4.37. The van der Waals surface area contributed by atoms with E-state index in [-0.39, 0.29) is 12.1 Å². The van der Waals surface area contributed by atoms with E-state index in [9.17, 15) is 4.79 Å². The van der Waals surface area contributed by atoms with Crippen LogP contribution >= 0.6 is 15.9 Å². The predicted octanol–water partition coefficient (Wildman–Crippen LogP) is 4.04. The Morgan fingerprint density at radius 3 is 2.27 bits per heavy atom. The van der Waals surface area contributed by atoms with E-state index in [2.05, 4.69) is 26.6 Å². The number of methoxy groups -OCH3 is 3. The molecule has 2 amide bonds. The van der Waals surface area contributed by atoms with Crippen molar-refractivity contribution in [1.82, 2.24) is 10.6 Å². The zero-order valence-corrected chi connectivity index (χ0v) is 16.8. The maximum atomic E-state index is 12.2. The molecule has 0 saturated carbocycles. The standard InChI is InChI=1S/C19H23BrN2O4/c1-12(14-6-5-7-15(20)10-14)22-19(23)21-11-13-8-16(24-2)18(26-4)17(9-13)25-3/h5-10,12H,11H2,1-4H3,(H2,21,22,23). The second kappa shape index (κ2) is 9.33. The van der Waals surface area contributed by atoms with E-state index in [1.54, 1.807) is 33.5 Å². The molecule has 1 atom stereocenters. The van der Waals surface area contributed by atoms with Crippen molar-refractivity contribution in [3.63, 3.8) is 0 Å². The molecule has 140 valence electrons. The maximum absolute atomic E-state index is 12.2. The summed E-state index contributed by atoms with van der Waals surface area (Å²) in [6, 6.07) is 11.1. The largest absolute Gasteiger partial charge is 0.493 e. The summed E-state index contributed by atoms with van der Waals surface area (Å²) in [5.74, 6) is 1.62. The van der Waals surface area contributed by atoms with Gasteiger partial charge in [-0.05, 0) is 42.3 Å². The van der Waals surface area contributed by atoms with Gasteiger partial charge in [-0.2, -0.15) is 0 Å². The third kappa shape index (κ3) is 5.05. The number of halogens is 1. The molecule has 0 aliphatic rings. The average Bonchev–Trinajstić information content (AvgIpc) is 2.65. The molecule has 2 aromatic rings. The van der Waals surface area contributed by atoms with Gasteiger partial charge in [-0.15, -0.1) is 0 Å². The molecule has 26 heavy (non-hydrogen) atoms. The van der Waals surface area contributed by atoms with E-state index < -0.39 is 0 Å². The lowest BCUT2D eigenvalue weighted by atomic mass is 10.1. The highest BCUT2D eigenvalue weighted by Gasteiger charge is 2.14. The fraction of sp³-hybridized carbons (Fsp3) is 0.316. The van der Waals surface area contributed by atoms with Crippen LogP contribution < -0.4 is 24.8 Å². The van der Waals surface area contributed by atoms with Crippen molar-refractivity contribution in [2.24, 2.45) is 0 Å². The Balaban J connectivity index is 2.00. The summed E-state index contributed by atoms with van der Waals surface area (Å²) in [5, 5.41) is 5.76. The van der Waals surface area contributed by atoms with Gasteiger partial charge in [0.1, 0.15) is 0 Å². The van der Waals surface area contributed by atoms with Gasteiger partial charge in [0, 0.05) is 11.0 Å². The normalized spacial score (nSPS) is 11.4. The van der Waals surface area contributed by atoms with Crippen LogP contribution in [-0.2, 0) is 6.54 Å². The summed E-state index contributed by atoms with van der Waals surface area (Å²) >= 11 is 3.43. The quantitative estimate of drug-likeness (QED) is 0.706. The maximum Gasteiger partial charge on any atom is 0.315 e. The highest BCUT2D eigenvalue weighted by Crippen LogP contribution is 2.38. The molecule has 0 heterocycles. The van der Waals surface area contributed by atoms with E-state index >= 15 is 0 Å². The summed E-state index contributed by atoms with van der Waals surface area (Å²) in [6.07, 6.45) is 0. The van der Waals surface area contributed by atoms with Gasteiger partial charge in [0.2, 0.25) is 5.75 Å². The molecule has 0 saturated heterocycles. The molecule has 2 rings (SSSR count). The number of hydrogen-bond donors (Lipinski definition) is 2. The highest BCUT2D eigenvalue weighted by atomic mass is 79.9. The summed E-state index contributed by atoms with van der Waals surface area (Å²) in [6.45, 7) is 2.26. The minimum Gasteiger partial charge on any atom is -0.493 e. The highest BCUT2D eigenvalue weighted by molar-refractivity contribution is 9.10. The molecule has 0 aliphatic heterocycles. The Kier molecular flexibility index (Phi) is 7.15. The lowest BCUT2D eigenvalue weighted by Crippen LogP contribution is -2.36. The predicted molar refractivity (Wildman–Crippen MR) is 104 cm³/mol. The van der Waals surface area contributed by atoms with Gasteiger partial charge < -0.3 is 24.8 Å². The van der Waals surface area contributed by atoms with Gasteiger partial charge in [-0.3, -0.25) is 0 Å². The van der Waals surface area contributed by atoms with E-state index in [4.69, 9.17) is 14.2 Å². The Bertz CT molecular complexity index is 742. The van der Waals surface area contributed by atoms with Crippen molar-refractivity contribution >= 4 is 22.0 Å². The van der Waals surface area contributed by atoms with Crippen molar-refractivity contribution in [3.05, 3.63) is 52.0 Å². The number of rotatable bonds is 7. The third-order valence-electron chi connectivity index (χ3n) is 3.87. The molecular weight excluding hydrogens is 400 g/mol. The van der Waals surface area contributed by atoms with Crippen LogP contribution in [0.4, 0.5) is 4.79 Å². The van der Waals surface area contributed by atoms with Crippen LogP contribution in [0.1, 0.15) is 24.1 Å². The fourth-order valence-electron chi connectivity index (χ4n) is 2.53.